The van der Waals surface area contributed by atoms with E-state index in [0.29, 0.717) is 0 Å². The number of carboxylic acid groups (broad SMARTS) is 1. The summed E-state index contributed by atoms with van der Waals surface area (Å²) in [5, 5.41) is 8.87. The van der Waals surface area contributed by atoms with Crippen LogP contribution in [0.3, 0.4) is 0 Å². The second kappa shape index (κ2) is 7.66. The molecular weight excluding hydrogens is 212 g/mol. The molecule has 0 unspecified atom stereocenters. The van der Waals surface area contributed by atoms with Gasteiger partial charge >= 0.3 is 5.97 Å². The average Bonchev–Trinajstić information content (AvgIpc) is 2.34. The lowest BCUT2D eigenvalue weighted by Gasteiger charge is -2.06. The minimum absolute atomic E-state index is 0.844. The van der Waals surface area contributed by atoms with Gasteiger partial charge in [0, 0.05) is 6.08 Å². The molecule has 0 aliphatic heterocycles. The molecule has 17 heavy (non-hydrogen) atoms. The lowest BCUT2D eigenvalue weighted by atomic mass is 9.99. The lowest BCUT2D eigenvalue weighted by molar-refractivity contribution is -0.131. The van der Waals surface area contributed by atoms with Crippen LogP contribution >= 0.6 is 0 Å². The van der Waals surface area contributed by atoms with Crippen molar-refractivity contribution in [2.75, 3.05) is 0 Å². The summed E-state index contributed by atoms with van der Waals surface area (Å²) < 4.78 is 0. The van der Waals surface area contributed by atoms with E-state index >= 15 is 0 Å². The van der Waals surface area contributed by atoms with Gasteiger partial charge in [-0.05, 0) is 24.0 Å². The van der Waals surface area contributed by atoms with Crippen LogP contribution in [0, 0.1) is 0 Å². The minimum Gasteiger partial charge on any atom is -0.478 e. The molecule has 0 fully saturated rings. The van der Waals surface area contributed by atoms with Crippen LogP contribution in [-0.2, 0) is 4.79 Å². The highest BCUT2D eigenvalue weighted by atomic mass is 16.4. The lowest BCUT2D eigenvalue weighted by Crippen LogP contribution is -1.93. The van der Waals surface area contributed by atoms with Crippen LogP contribution in [0.5, 0.6) is 0 Å². The van der Waals surface area contributed by atoms with Crippen molar-refractivity contribution >= 4 is 11.5 Å². The zero-order valence-corrected chi connectivity index (χ0v) is 10.4. The number of hydrogen-bond acceptors (Lipinski definition) is 1. The molecule has 0 spiro atoms. The summed E-state index contributed by atoms with van der Waals surface area (Å²) in [6.45, 7) is 2.17. The van der Waals surface area contributed by atoms with Crippen molar-refractivity contribution in [3.63, 3.8) is 0 Å². The molecule has 0 heterocycles. The van der Waals surface area contributed by atoms with Gasteiger partial charge in [0.15, 0.2) is 0 Å². The van der Waals surface area contributed by atoms with E-state index in [2.05, 4.69) is 6.92 Å². The maximum absolute atomic E-state index is 10.8. The number of unbranched alkanes of at least 4 members (excludes halogenated alkanes) is 3. The molecule has 0 aliphatic carbocycles. The second-order valence-electron chi connectivity index (χ2n) is 4.18. The van der Waals surface area contributed by atoms with Crippen molar-refractivity contribution in [1.82, 2.24) is 0 Å². The van der Waals surface area contributed by atoms with E-state index in [1.54, 1.807) is 0 Å². The Labute approximate surface area is 103 Å². The van der Waals surface area contributed by atoms with Gasteiger partial charge in [-0.3, -0.25) is 0 Å². The summed E-state index contributed by atoms with van der Waals surface area (Å²) in [7, 11) is 0. The van der Waals surface area contributed by atoms with Crippen LogP contribution in [0.25, 0.3) is 5.57 Å². The Hall–Kier alpha value is -1.57. The molecule has 0 saturated carbocycles. The van der Waals surface area contributed by atoms with E-state index in [0.717, 1.165) is 24.0 Å². The van der Waals surface area contributed by atoms with Crippen molar-refractivity contribution < 1.29 is 9.90 Å². The second-order valence-corrected chi connectivity index (χ2v) is 4.18. The summed E-state index contributed by atoms with van der Waals surface area (Å²) in [6.07, 6.45) is 6.82. The Kier molecular flexibility index (Phi) is 6.08. The molecule has 0 aromatic heterocycles. The standard InChI is InChI=1S/C15H20O2/c1-2-3-4-6-11-14(12-15(16)17)13-9-7-5-8-10-13/h5,7-10,12H,2-4,6,11H2,1H3,(H,16,17). The number of hydrogen-bond donors (Lipinski definition) is 1. The summed E-state index contributed by atoms with van der Waals surface area (Å²) in [5.74, 6) is -0.862. The first-order chi connectivity index (χ1) is 8.24. The molecule has 0 saturated heterocycles. The molecule has 1 aromatic carbocycles. The van der Waals surface area contributed by atoms with E-state index in [9.17, 15) is 4.79 Å². The molecule has 1 rings (SSSR count). The topological polar surface area (TPSA) is 37.3 Å². The van der Waals surface area contributed by atoms with Gasteiger partial charge in [0.2, 0.25) is 0 Å². The monoisotopic (exact) mass is 232 g/mol. The van der Waals surface area contributed by atoms with Gasteiger partial charge in [0.1, 0.15) is 0 Å². The predicted molar refractivity (Wildman–Crippen MR) is 70.8 cm³/mol. The van der Waals surface area contributed by atoms with E-state index in [-0.39, 0.29) is 0 Å². The molecule has 0 aliphatic rings. The fourth-order valence-electron chi connectivity index (χ4n) is 1.84. The van der Waals surface area contributed by atoms with Crippen molar-refractivity contribution in [3.8, 4) is 0 Å². The molecule has 1 N–H and O–H groups in total. The van der Waals surface area contributed by atoms with Crippen LogP contribution in [-0.4, -0.2) is 11.1 Å². The summed E-state index contributed by atoms with van der Waals surface area (Å²) in [5.41, 5.74) is 1.95. The van der Waals surface area contributed by atoms with E-state index in [1.807, 2.05) is 30.3 Å². The Morgan fingerprint density at radius 1 is 1.18 bits per heavy atom. The highest BCUT2D eigenvalue weighted by Crippen LogP contribution is 2.21. The van der Waals surface area contributed by atoms with Crippen molar-refractivity contribution in [2.24, 2.45) is 0 Å². The molecule has 92 valence electrons. The number of rotatable bonds is 7. The molecule has 1 aromatic rings. The van der Waals surface area contributed by atoms with Gasteiger partial charge in [-0.15, -0.1) is 0 Å². The van der Waals surface area contributed by atoms with Crippen LogP contribution < -0.4 is 0 Å². The minimum atomic E-state index is -0.862. The van der Waals surface area contributed by atoms with E-state index < -0.39 is 5.97 Å². The van der Waals surface area contributed by atoms with Crippen LogP contribution in [0.4, 0.5) is 0 Å². The first-order valence-corrected chi connectivity index (χ1v) is 6.23. The van der Waals surface area contributed by atoms with Gasteiger partial charge in [0.25, 0.3) is 0 Å². The van der Waals surface area contributed by atoms with Crippen LogP contribution in [0.2, 0.25) is 0 Å². The molecule has 0 atom stereocenters. The zero-order chi connectivity index (χ0) is 12.5. The Morgan fingerprint density at radius 3 is 2.47 bits per heavy atom. The third kappa shape index (κ3) is 5.34. The number of aliphatic carboxylic acids is 1. The smallest absolute Gasteiger partial charge is 0.328 e. The molecule has 2 heteroatoms. The van der Waals surface area contributed by atoms with Crippen molar-refractivity contribution in [1.29, 1.82) is 0 Å². The SMILES string of the molecule is CCCCCCC(=CC(=O)O)c1ccccc1. The highest BCUT2D eigenvalue weighted by Gasteiger charge is 2.03. The molecule has 0 amide bonds. The number of benzene rings is 1. The van der Waals surface area contributed by atoms with Gasteiger partial charge < -0.3 is 5.11 Å². The fourth-order valence-corrected chi connectivity index (χ4v) is 1.84. The summed E-state index contributed by atoms with van der Waals surface area (Å²) in [4.78, 5) is 10.8. The number of allylic oxidation sites excluding steroid dienone is 1. The largest absolute Gasteiger partial charge is 0.478 e. The van der Waals surface area contributed by atoms with Crippen molar-refractivity contribution in [3.05, 3.63) is 42.0 Å². The third-order valence-corrected chi connectivity index (χ3v) is 2.74. The summed E-state index contributed by atoms with van der Waals surface area (Å²) >= 11 is 0. The van der Waals surface area contributed by atoms with Crippen LogP contribution in [0.15, 0.2) is 36.4 Å². The number of carboxylic acids is 1. The third-order valence-electron chi connectivity index (χ3n) is 2.74. The predicted octanol–water partition coefficient (Wildman–Crippen LogP) is 4.13. The zero-order valence-electron chi connectivity index (χ0n) is 10.4. The van der Waals surface area contributed by atoms with E-state index in [1.165, 1.54) is 25.3 Å². The van der Waals surface area contributed by atoms with Crippen molar-refractivity contribution in [2.45, 2.75) is 39.0 Å². The van der Waals surface area contributed by atoms with Gasteiger partial charge in [-0.25, -0.2) is 4.79 Å². The average molecular weight is 232 g/mol. The molecule has 2 nitrogen and oxygen atoms in total. The van der Waals surface area contributed by atoms with Gasteiger partial charge in [-0.1, -0.05) is 56.5 Å². The Balaban J connectivity index is 2.66. The summed E-state index contributed by atoms with van der Waals surface area (Å²) in [6, 6.07) is 9.76. The Morgan fingerprint density at radius 2 is 1.88 bits per heavy atom. The van der Waals surface area contributed by atoms with Gasteiger partial charge in [0.05, 0.1) is 0 Å². The van der Waals surface area contributed by atoms with E-state index in [4.69, 9.17) is 5.11 Å². The molecular formula is C15H20O2. The first-order valence-electron chi connectivity index (χ1n) is 6.23. The Bertz CT molecular complexity index is 366. The molecule has 0 bridgehead atoms. The van der Waals surface area contributed by atoms with Crippen LogP contribution in [0.1, 0.15) is 44.6 Å². The maximum atomic E-state index is 10.8. The normalized spacial score (nSPS) is 11.5. The molecule has 0 radical (unpaired) electrons. The highest BCUT2D eigenvalue weighted by molar-refractivity contribution is 5.89. The van der Waals surface area contributed by atoms with Gasteiger partial charge in [-0.2, -0.15) is 0 Å². The number of carbonyl (C=O) groups is 1. The first kappa shape index (κ1) is 13.5. The quantitative estimate of drug-likeness (QED) is 0.567. The maximum Gasteiger partial charge on any atom is 0.328 e. The fraction of sp³-hybridized carbons (Fsp3) is 0.400.